The number of carbonyl (C=O) groups is 1. The molecule has 0 fully saturated rings. The average molecular weight is 484 g/mol. The van der Waals surface area contributed by atoms with Gasteiger partial charge in [0, 0.05) is 24.2 Å². The molecule has 1 aliphatic carbocycles. The fourth-order valence-corrected chi connectivity index (χ4v) is 4.65. The Balaban J connectivity index is 2.06. The number of methoxy groups -OCH3 is 5. The molecule has 1 unspecified atom stereocenters. The third-order valence-electron chi connectivity index (χ3n) is 6.16. The van der Waals surface area contributed by atoms with Gasteiger partial charge >= 0.3 is 5.97 Å². The van der Waals surface area contributed by atoms with Crippen molar-refractivity contribution in [3.63, 3.8) is 0 Å². The van der Waals surface area contributed by atoms with Crippen LogP contribution in [0.3, 0.4) is 0 Å². The molecule has 9 nitrogen and oxygen atoms in total. The van der Waals surface area contributed by atoms with E-state index in [1.54, 1.807) is 34.7 Å². The first-order valence-electron chi connectivity index (χ1n) is 11.1. The normalized spacial score (nSPS) is 18.1. The Morgan fingerprint density at radius 2 is 1.69 bits per heavy atom. The van der Waals surface area contributed by atoms with E-state index in [4.69, 9.17) is 33.2 Å². The van der Waals surface area contributed by atoms with E-state index in [1.165, 1.54) is 7.11 Å². The van der Waals surface area contributed by atoms with Crippen LogP contribution in [0.1, 0.15) is 29.5 Å². The van der Waals surface area contributed by atoms with E-state index >= 15 is 0 Å². The minimum absolute atomic E-state index is 0.0811. The summed E-state index contributed by atoms with van der Waals surface area (Å²) in [6.07, 6.45) is 3.60. The Morgan fingerprint density at radius 3 is 2.26 bits per heavy atom. The zero-order chi connectivity index (χ0) is 25.1. The van der Waals surface area contributed by atoms with Gasteiger partial charge in [0.1, 0.15) is 0 Å². The second-order valence-corrected chi connectivity index (χ2v) is 7.86. The van der Waals surface area contributed by atoms with Crippen LogP contribution in [-0.2, 0) is 9.53 Å². The van der Waals surface area contributed by atoms with Gasteiger partial charge in [-0.25, -0.2) is 0 Å². The lowest BCUT2D eigenvalue weighted by Gasteiger charge is -2.33. The molecule has 0 spiro atoms. The first kappa shape index (κ1) is 24.3. The van der Waals surface area contributed by atoms with Gasteiger partial charge in [-0.2, -0.15) is 0 Å². The van der Waals surface area contributed by atoms with Crippen LogP contribution in [-0.4, -0.2) is 61.1 Å². The van der Waals surface area contributed by atoms with Crippen molar-refractivity contribution in [1.29, 1.82) is 0 Å². The van der Waals surface area contributed by atoms with Gasteiger partial charge in [-0.15, -0.1) is 0 Å². The average Bonchev–Trinajstić information content (AvgIpc) is 3.36. The van der Waals surface area contributed by atoms with Gasteiger partial charge in [0.05, 0.1) is 41.5 Å². The number of ether oxygens (including phenoxy) is 7. The third-order valence-corrected chi connectivity index (χ3v) is 6.16. The van der Waals surface area contributed by atoms with E-state index < -0.39 is 17.8 Å². The molecule has 2 aromatic rings. The smallest absolute Gasteiger partial charge is 0.314 e. The molecule has 9 heteroatoms. The van der Waals surface area contributed by atoms with Crippen molar-refractivity contribution in [2.45, 2.75) is 12.8 Å². The van der Waals surface area contributed by atoms with E-state index in [0.29, 0.717) is 46.6 Å². The largest absolute Gasteiger partial charge is 0.493 e. The summed E-state index contributed by atoms with van der Waals surface area (Å²) in [6, 6.07) is 5.56. The van der Waals surface area contributed by atoms with Crippen molar-refractivity contribution >= 4 is 18.3 Å². The number of benzene rings is 2. The Kier molecular flexibility index (Phi) is 7.04. The second-order valence-electron chi connectivity index (χ2n) is 7.86. The maximum Gasteiger partial charge on any atom is 0.314 e. The van der Waals surface area contributed by atoms with Crippen molar-refractivity contribution < 1.29 is 38.0 Å². The second kappa shape index (κ2) is 10.2. The summed E-state index contributed by atoms with van der Waals surface area (Å²) in [5.41, 5.74) is 3.02. The fraction of sp³-hybridized carbons (Fsp3) is 0.385. The van der Waals surface area contributed by atoms with Crippen LogP contribution in [0.2, 0.25) is 0 Å². The lowest BCUT2D eigenvalue weighted by atomic mass is 9.71. The van der Waals surface area contributed by atoms with Gasteiger partial charge in [0.25, 0.3) is 0 Å². The van der Waals surface area contributed by atoms with Crippen LogP contribution in [0.15, 0.2) is 28.8 Å². The summed E-state index contributed by atoms with van der Waals surface area (Å²) in [5.74, 6) is 1.38. The summed E-state index contributed by atoms with van der Waals surface area (Å²) < 4.78 is 39.1. The number of esters is 1. The zero-order valence-corrected chi connectivity index (χ0v) is 20.7. The molecule has 2 atom stereocenters. The van der Waals surface area contributed by atoms with Crippen LogP contribution in [0.25, 0.3) is 6.08 Å². The Bertz CT molecular complexity index is 1160. The molecule has 35 heavy (non-hydrogen) atoms. The van der Waals surface area contributed by atoms with Crippen molar-refractivity contribution in [3.8, 4) is 34.5 Å². The van der Waals surface area contributed by atoms with Gasteiger partial charge < -0.3 is 33.2 Å². The summed E-state index contributed by atoms with van der Waals surface area (Å²) >= 11 is 0. The highest BCUT2D eigenvalue weighted by atomic mass is 16.7. The van der Waals surface area contributed by atoms with Gasteiger partial charge in [0.15, 0.2) is 23.0 Å². The van der Waals surface area contributed by atoms with Crippen LogP contribution >= 0.6 is 0 Å². The van der Waals surface area contributed by atoms with Gasteiger partial charge in [-0.1, -0.05) is 0 Å². The predicted octanol–water partition coefficient (Wildman–Crippen LogP) is 3.86. The van der Waals surface area contributed by atoms with Gasteiger partial charge in [0.2, 0.25) is 18.3 Å². The van der Waals surface area contributed by atoms with Crippen LogP contribution in [0.5, 0.6) is 34.5 Å². The van der Waals surface area contributed by atoms with Gasteiger partial charge in [-0.05, 0) is 47.9 Å². The lowest BCUT2D eigenvalue weighted by molar-refractivity contribution is -0.144. The van der Waals surface area contributed by atoms with E-state index in [2.05, 4.69) is 4.99 Å². The number of nitrogens with zero attached hydrogens (tertiary/aromatic N) is 1. The molecule has 1 aliphatic heterocycles. The molecule has 1 heterocycles. The van der Waals surface area contributed by atoms with Crippen molar-refractivity contribution in [2.24, 2.45) is 10.9 Å². The fourth-order valence-electron chi connectivity index (χ4n) is 4.65. The number of carbonyl (C=O) groups excluding carboxylic acids is 1. The monoisotopic (exact) mass is 483 g/mol. The standard InChI is InChI=1S/C26H29NO8/c1-7-27-12-15-8-17-16(11-20-25(23(17)31-4)35-13-34-20)21(22(15)26(28)33-6)14-9-18(29-2)24(32-5)19(10-14)30-3/h8-12,21-22H,7,13H2,1-6H3/t21?,22-/m1/s1. The van der Waals surface area contributed by atoms with Crippen LogP contribution < -0.4 is 28.4 Å². The van der Waals surface area contributed by atoms with E-state index in [0.717, 1.165) is 16.7 Å². The molecule has 0 aromatic heterocycles. The maximum absolute atomic E-state index is 13.3. The number of fused-ring (bicyclic) bond motifs is 2. The SMILES string of the molecule is CCN=CC1=Cc2c(cc3c(c2OC)OCO3)C(c2cc(OC)c(OC)c(OC)c2)[C@@H]1C(=O)OC. The summed E-state index contributed by atoms with van der Waals surface area (Å²) in [5, 5.41) is 0. The third kappa shape index (κ3) is 4.11. The highest BCUT2D eigenvalue weighted by Gasteiger charge is 2.42. The molecule has 2 aliphatic rings. The minimum atomic E-state index is -0.698. The number of hydrogen-bond donors (Lipinski definition) is 0. The molecule has 0 saturated carbocycles. The molecular weight excluding hydrogens is 454 g/mol. The van der Waals surface area contributed by atoms with E-state index in [1.807, 2.05) is 31.2 Å². The molecule has 186 valence electrons. The zero-order valence-electron chi connectivity index (χ0n) is 20.7. The molecule has 0 amide bonds. The van der Waals surface area contributed by atoms with E-state index in [9.17, 15) is 4.79 Å². The first-order valence-corrected chi connectivity index (χ1v) is 11.1. The highest BCUT2D eigenvalue weighted by Crippen LogP contribution is 2.54. The number of hydrogen-bond acceptors (Lipinski definition) is 9. The van der Waals surface area contributed by atoms with Crippen molar-refractivity contribution in [2.75, 3.05) is 48.9 Å². The quantitative estimate of drug-likeness (QED) is 0.413. The topological polar surface area (TPSA) is 94.0 Å². The molecule has 0 radical (unpaired) electrons. The minimum Gasteiger partial charge on any atom is -0.493 e. The summed E-state index contributed by atoms with van der Waals surface area (Å²) in [4.78, 5) is 17.7. The lowest BCUT2D eigenvalue weighted by Crippen LogP contribution is -2.30. The molecule has 2 aromatic carbocycles. The Morgan fingerprint density at radius 1 is 1.00 bits per heavy atom. The van der Waals surface area contributed by atoms with Crippen molar-refractivity contribution in [3.05, 3.63) is 40.5 Å². The van der Waals surface area contributed by atoms with Crippen LogP contribution in [0.4, 0.5) is 0 Å². The molecule has 4 rings (SSSR count). The summed E-state index contributed by atoms with van der Waals surface area (Å²) in [6.45, 7) is 2.57. The van der Waals surface area contributed by atoms with Gasteiger partial charge in [-0.3, -0.25) is 9.79 Å². The summed E-state index contributed by atoms with van der Waals surface area (Å²) in [7, 11) is 7.59. The molecule has 0 bridgehead atoms. The predicted molar refractivity (Wildman–Crippen MR) is 130 cm³/mol. The molecular formula is C26H29NO8. The Labute approximate surface area is 204 Å². The van der Waals surface area contributed by atoms with Crippen molar-refractivity contribution in [1.82, 2.24) is 0 Å². The maximum atomic E-state index is 13.3. The van der Waals surface area contributed by atoms with E-state index in [-0.39, 0.29) is 6.79 Å². The number of rotatable bonds is 8. The molecule has 0 N–H and O–H groups in total. The van der Waals surface area contributed by atoms with Crippen LogP contribution in [0, 0.1) is 5.92 Å². The highest BCUT2D eigenvalue weighted by molar-refractivity contribution is 5.98. The number of aliphatic imine (C=N–C) groups is 1. The Hall–Kier alpha value is -3.88. The first-order chi connectivity index (χ1) is 17.0. The molecule has 0 saturated heterocycles.